The molecular formula is C19H18N2OS. The number of para-hydroxylation sites is 1. The molecule has 2 aromatic carbocycles. The number of thioether (sulfide) groups is 1. The molecule has 3 rings (SSSR count). The van der Waals surface area contributed by atoms with Gasteiger partial charge in [0.15, 0.2) is 5.17 Å². The second-order valence-electron chi connectivity index (χ2n) is 5.36. The Balaban J connectivity index is 1.82. The lowest BCUT2D eigenvalue weighted by atomic mass is 10.1. The number of aryl methyl sites for hydroxylation is 2. The maximum Gasteiger partial charge on any atom is 0.264 e. The monoisotopic (exact) mass is 322 g/mol. The van der Waals surface area contributed by atoms with Crippen LogP contribution in [0.3, 0.4) is 0 Å². The largest absolute Gasteiger partial charge is 0.300 e. The standard InChI is InChI=1S/C19H18N2OS/c1-3-14-8-10-15(11-9-14)12-17-18(22)21-19(23-17)20-16-7-5-4-6-13(16)2/h4-12H,3H2,1-2H3,(H,20,21,22). The molecule has 0 spiro atoms. The summed E-state index contributed by atoms with van der Waals surface area (Å²) in [6.45, 7) is 4.13. The van der Waals surface area contributed by atoms with E-state index in [1.807, 2.05) is 49.4 Å². The van der Waals surface area contributed by atoms with Gasteiger partial charge in [-0.25, -0.2) is 4.99 Å². The summed E-state index contributed by atoms with van der Waals surface area (Å²) >= 11 is 1.38. The first-order valence-electron chi connectivity index (χ1n) is 7.60. The molecule has 116 valence electrons. The van der Waals surface area contributed by atoms with Crippen LogP contribution >= 0.6 is 11.8 Å². The first kappa shape index (κ1) is 15.6. The van der Waals surface area contributed by atoms with Gasteiger partial charge >= 0.3 is 0 Å². The third-order valence-corrected chi connectivity index (χ3v) is 4.58. The smallest absolute Gasteiger partial charge is 0.264 e. The maximum absolute atomic E-state index is 12.1. The number of nitrogens with one attached hydrogen (secondary N) is 1. The normalized spacial score (nSPS) is 17.7. The molecule has 4 heteroatoms. The zero-order valence-corrected chi connectivity index (χ0v) is 14.0. The molecule has 0 aromatic heterocycles. The molecule has 1 N–H and O–H groups in total. The van der Waals surface area contributed by atoms with Gasteiger partial charge in [-0.2, -0.15) is 0 Å². The molecule has 3 nitrogen and oxygen atoms in total. The Hall–Kier alpha value is -2.33. The zero-order chi connectivity index (χ0) is 16.2. The number of rotatable bonds is 3. The van der Waals surface area contributed by atoms with Crippen LogP contribution in [0.1, 0.15) is 23.6 Å². The molecule has 0 atom stereocenters. The highest BCUT2D eigenvalue weighted by molar-refractivity contribution is 8.18. The lowest BCUT2D eigenvalue weighted by molar-refractivity contribution is -0.115. The van der Waals surface area contributed by atoms with Crippen molar-refractivity contribution in [1.82, 2.24) is 5.32 Å². The van der Waals surface area contributed by atoms with E-state index in [-0.39, 0.29) is 5.91 Å². The molecule has 1 heterocycles. The molecule has 0 saturated carbocycles. The van der Waals surface area contributed by atoms with Crippen LogP contribution in [0.25, 0.3) is 6.08 Å². The van der Waals surface area contributed by atoms with E-state index in [1.54, 1.807) is 0 Å². The topological polar surface area (TPSA) is 41.5 Å². The van der Waals surface area contributed by atoms with Crippen LogP contribution in [-0.4, -0.2) is 11.1 Å². The Morgan fingerprint density at radius 2 is 1.87 bits per heavy atom. The van der Waals surface area contributed by atoms with E-state index < -0.39 is 0 Å². The summed E-state index contributed by atoms with van der Waals surface area (Å²) in [6, 6.07) is 16.1. The van der Waals surface area contributed by atoms with Crippen LogP contribution in [0, 0.1) is 6.92 Å². The zero-order valence-electron chi connectivity index (χ0n) is 13.2. The average Bonchev–Trinajstić information content (AvgIpc) is 2.90. The minimum absolute atomic E-state index is 0.0955. The number of hydrogen-bond acceptors (Lipinski definition) is 3. The molecule has 2 aromatic rings. The molecule has 0 aliphatic carbocycles. The first-order chi connectivity index (χ1) is 11.2. The van der Waals surface area contributed by atoms with Crippen LogP contribution in [-0.2, 0) is 11.2 Å². The van der Waals surface area contributed by atoms with Crippen LogP contribution in [0.15, 0.2) is 58.4 Å². The average molecular weight is 322 g/mol. The van der Waals surface area contributed by atoms with Gasteiger partial charge < -0.3 is 5.32 Å². The fraction of sp³-hybridized carbons (Fsp3) is 0.158. The minimum atomic E-state index is -0.0955. The minimum Gasteiger partial charge on any atom is -0.300 e. The fourth-order valence-electron chi connectivity index (χ4n) is 2.28. The van der Waals surface area contributed by atoms with Gasteiger partial charge in [0.2, 0.25) is 0 Å². The van der Waals surface area contributed by atoms with Gasteiger partial charge in [-0.05, 0) is 53.9 Å². The Bertz CT molecular complexity index is 791. The molecule has 23 heavy (non-hydrogen) atoms. The van der Waals surface area contributed by atoms with Crippen molar-refractivity contribution in [2.45, 2.75) is 20.3 Å². The number of carbonyl (C=O) groups excluding carboxylic acids is 1. The van der Waals surface area contributed by atoms with Gasteiger partial charge in [-0.3, -0.25) is 4.79 Å². The quantitative estimate of drug-likeness (QED) is 0.848. The van der Waals surface area contributed by atoms with E-state index >= 15 is 0 Å². The van der Waals surface area contributed by atoms with Crippen molar-refractivity contribution < 1.29 is 4.79 Å². The van der Waals surface area contributed by atoms with Gasteiger partial charge in [-0.1, -0.05) is 49.4 Å². The Kier molecular flexibility index (Phi) is 4.63. The van der Waals surface area contributed by atoms with Crippen molar-refractivity contribution in [2.24, 2.45) is 4.99 Å². The number of hydrogen-bond donors (Lipinski definition) is 1. The lowest BCUT2D eigenvalue weighted by Crippen LogP contribution is -2.19. The number of nitrogens with zero attached hydrogens (tertiary/aromatic N) is 1. The number of carbonyl (C=O) groups is 1. The van der Waals surface area contributed by atoms with E-state index in [9.17, 15) is 4.79 Å². The maximum atomic E-state index is 12.1. The Labute approximate surface area is 140 Å². The number of aliphatic imine (C=N–C) groups is 1. The first-order valence-corrected chi connectivity index (χ1v) is 8.41. The fourth-order valence-corrected chi connectivity index (χ4v) is 3.11. The third kappa shape index (κ3) is 3.71. The second kappa shape index (κ2) is 6.84. The molecule has 1 aliphatic heterocycles. The van der Waals surface area contributed by atoms with Crippen LogP contribution in [0.4, 0.5) is 5.69 Å². The predicted octanol–water partition coefficient (Wildman–Crippen LogP) is 4.45. The van der Waals surface area contributed by atoms with Gasteiger partial charge in [0.05, 0.1) is 10.6 Å². The number of amides is 1. The highest BCUT2D eigenvalue weighted by atomic mass is 32.2. The van der Waals surface area contributed by atoms with E-state index in [0.717, 1.165) is 23.2 Å². The molecule has 1 aliphatic rings. The number of benzene rings is 2. The highest BCUT2D eigenvalue weighted by Crippen LogP contribution is 2.29. The highest BCUT2D eigenvalue weighted by Gasteiger charge is 2.23. The van der Waals surface area contributed by atoms with E-state index in [2.05, 4.69) is 29.4 Å². The number of amidine groups is 1. The molecule has 0 radical (unpaired) electrons. The van der Waals surface area contributed by atoms with Crippen molar-refractivity contribution in [3.63, 3.8) is 0 Å². The van der Waals surface area contributed by atoms with Crippen LogP contribution in [0.2, 0.25) is 0 Å². The molecule has 0 bridgehead atoms. The molecule has 1 fully saturated rings. The lowest BCUT2D eigenvalue weighted by Gasteiger charge is -1.99. The van der Waals surface area contributed by atoms with Gasteiger partial charge in [0.1, 0.15) is 0 Å². The molecular weight excluding hydrogens is 304 g/mol. The van der Waals surface area contributed by atoms with Gasteiger partial charge in [-0.15, -0.1) is 0 Å². The van der Waals surface area contributed by atoms with Crippen LogP contribution < -0.4 is 5.32 Å². The van der Waals surface area contributed by atoms with Crippen molar-refractivity contribution in [3.05, 3.63) is 70.1 Å². The predicted molar refractivity (Wildman–Crippen MR) is 97.8 cm³/mol. The summed E-state index contributed by atoms with van der Waals surface area (Å²) in [7, 11) is 0. The summed E-state index contributed by atoms with van der Waals surface area (Å²) < 4.78 is 0. The summed E-state index contributed by atoms with van der Waals surface area (Å²) in [5.41, 5.74) is 4.28. The van der Waals surface area contributed by atoms with E-state index in [4.69, 9.17) is 0 Å². The van der Waals surface area contributed by atoms with E-state index in [0.29, 0.717) is 10.1 Å². The van der Waals surface area contributed by atoms with Crippen molar-refractivity contribution in [3.8, 4) is 0 Å². The molecule has 1 amide bonds. The second-order valence-corrected chi connectivity index (χ2v) is 6.39. The third-order valence-electron chi connectivity index (χ3n) is 3.67. The van der Waals surface area contributed by atoms with Crippen molar-refractivity contribution in [1.29, 1.82) is 0 Å². The van der Waals surface area contributed by atoms with Crippen molar-refractivity contribution >= 4 is 34.6 Å². The SMILES string of the molecule is CCc1ccc(C=C2SC(=Nc3ccccc3C)NC2=O)cc1. The summed E-state index contributed by atoms with van der Waals surface area (Å²) in [6.07, 6.45) is 2.92. The van der Waals surface area contributed by atoms with Crippen molar-refractivity contribution in [2.75, 3.05) is 0 Å². The van der Waals surface area contributed by atoms with Gasteiger partial charge in [0, 0.05) is 0 Å². The van der Waals surface area contributed by atoms with Crippen LogP contribution in [0.5, 0.6) is 0 Å². The Morgan fingerprint density at radius 3 is 2.57 bits per heavy atom. The summed E-state index contributed by atoms with van der Waals surface area (Å²) in [5, 5.41) is 3.45. The summed E-state index contributed by atoms with van der Waals surface area (Å²) in [4.78, 5) is 17.3. The summed E-state index contributed by atoms with van der Waals surface area (Å²) in [5.74, 6) is -0.0955. The Morgan fingerprint density at radius 1 is 1.13 bits per heavy atom. The van der Waals surface area contributed by atoms with E-state index in [1.165, 1.54) is 17.3 Å². The molecule has 1 saturated heterocycles. The van der Waals surface area contributed by atoms with Gasteiger partial charge in [0.25, 0.3) is 5.91 Å². The molecule has 0 unspecified atom stereocenters.